The van der Waals surface area contributed by atoms with Crippen LogP contribution in [-0.4, -0.2) is 42.3 Å². The van der Waals surface area contributed by atoms with Gasteiger partial charge < -0.3 is 15.7 Å². The standard InChI is InChI=1S/C18H36N2O/c1-16(2,3)15-6-9-17(14-19,10-7-15)18(21)8-5-12-20(4)13-11-18/h15,21H,5-14,19H2,1-4H3. The monoisotopic (exact) mass is 296 g/mol. The van der Waals surface area contributed by atoms with Gasteiger partial charge >= 0.3 is 0 Å². The minimum atomic E-state index is -0.546. The zero-order chi connectivity index (χ0) is 15.7. The molecule has 0 amide bonds. The van der Waals surface area contributed by atoms with Gasteiger partial charge in [-0.05, 0) is 69.9 Å². The van der Waals surface area contributed by atoms with Crippen LogP contribution >= 0.6 is 0 Å². The molecule has 124 valence electrons. The third kappa shape index (κ3) is 3.46. The maximum absolute atomic E-state index is 11.4. The highest BCUT2D eigenvalue weighted by atomic mass is 16.3. The molecule has 3 N–H and O–H groups in total. The summed E-state index contributed by atoms with van der Waals surface area (Å²) in [6, 6.07) is 0. The first-order valence-electron chi connectivity index (χ1n) is 8.83. The summed E-state index contributed by atoms with van der Waals surface area (Å²) in [5.41, 5.74) is 6.01. The Kier molecular flexibility index (Phi) is 5.07. The van der Waals surface area contributed by atoms with Crippen molar-refractivity contribution in [1.82, 2.24) is 4.90 Å². The second-order valence-corrected chi connectivity index (χ2v) is 8.81. The van der Waals surface area contributed by atoms with E-state index in [1.54, 1.807) is 0 Å². The summed E-state index contributed by atoms with van der Waals surface area (Å²) in [6.45, 7) is 9.80. The first-order valence-corrected chi connectivity index (χ1v) is 8.83. The molecule has 1 atom stereocenters. The first-order chi connectivity index (χ1) is 9.72. The second-order valence-electron chi connectivity index (χ2n) is 8.81. The lowest BCUT2D eigenvalue weighted by atomic mass is 9.56. The van der Waals surface area contributed by atoms with Crippen LogP contribution in [0.4, 0.5) is 0 Å². The van der Waals surface area contributed by atoms with Gasteiger partial charge in [0.1, 0.15) is 0 Å². The Morgan fingerprint density at radius 2 is 1.71 bits per heavy atom. The molecule has 3 nitrogen and oxygen atoms in total. The molecule has 1 unspecified atom stereocenters. The van der Waals surface area contributed by atoms with Crippen LogP contribution in [0.2, 0.25) is 0 Å². The number of rotatable bonds is 2. The number of hydrogen-bond acceptors (Lipinski definition) is 3. The van der Waals surface area contributed by atoms with Crippen LogP contribution in [-0.2, 0) is 0 Å². The maximum Gasteiger partial charge on any atom is 0.0728 e. The van der Waals surface area contributed by atoms with E-state index in [9.17, 15) is 5.11 Å². The Hall–Kier alpha value is -0.120. The van der Waals surface area contributed by atoms with Crippen molar-refractivity contribution < 1.29 is 5.11 Å². The number of likely N-dealkylation sites (tertiary alicyclic amines) is 1. The van der Waals surface area contributed by atoms with Crippen molar-refractivity contribution in [2.75, 3.05) is 26.7 Å². The van der Waals surface area contributed by atoms with Crippen molar-refractivity contribution in [2.24, 2.45) is 22.5 Å². The van der Waals surface area contributed by atoms with Crippen LogP contribution in [0, 0.1) is 16.7 Å². The Morgan fingerprint density at radius 1 is 1.10 bits per heavy atom. The first kappa shape index (κ1) is 17.2. The van der Waals surface area contributed by atoms with Gasteiger partial charge in [-0.15, -0.1) is 0 Å². The van der Waals surface area contributed by atoms with Gasteiger partial charge in [0.2, 0.25) is 0 Å². The molecule has 1 aliphatic carbocycles. The average Bonchev–Trinajstić information content (AvgIpc) is 2.61. The van der Waals surface area contributed by atoms with E-state index in [0.29, 0.717) is 12.0 Å². The molecule has 0 aromatic heterocycles. The molecule has 2 fully saturated rings. The molecule has 2 rings (SSSR count). The van der Waals surface area contributed by atoms with Crippen LogP contribution in [0.1, 0.15) is 65.7 Å². The molecular weight excluding hydrogens is 260 g/mol. The fraction of sp³-hybridized carbons (Fsp3) is 1.00. The van der Waals surface area contributed by atoms with Gasteiger partial charge in [-0.2, -0.15) is 0 Å². The Bertz CT molecular complexity index is 342. The molecule has 0 spiro atoms. The van der Waals surface area contributed by atoms with Gasteiger partial charge in [0, 0.05) is 18.5 Å². The summed E-state index contributed by atoms with van der Waals surface area (Å²) in [4.78, 5) is 2.35. The largest absolute Gasteiger partial charge is 0.389 e. The number of nitrogens with zero attached hydrogens (tertiary/aromatic N) is 1. The van der Waals surface area contributed by atoms with Crippen LogP contribution in [0.3, 0.4) is 0 Å². The predicted octanol–water partition coefficient (Wildman–Crippen LogP) is 3.01. The van der Waals surface area contributed by atoms with Crippen LogP contribution < -0.4 is 5.73 Å². The summed E-state index contributed by atoms with van der Waals surface area (Å²) in [5, 5.41) is 11.4. The summed E-state index contributed by atoms with van der Waals surface area (Å²) >= 11 is 0. The normalized spacial score (nSPS) is 40.0. The van der Waals surface area contributed by atoms with Gasteiger partial charge in [-0.1, -0.05) is 20.8 Å². The van der Waals surface area contributed by atoms with E-state index in [1.807, 2.05) is 0 Å². The summed E-state index contributed by atoms with van der Waals surface area (Å²) in [7, 11) is 2.16. The Morgan fingerprint density at radius 3 is 2.24 bits per heavy atom. The lowest BCUT2D eigenvalue weighted by molar-refractivity contribution is -0.118. The van der Waals surface area contributed by atoms with E-state index in [4.69, 9.17) is 5.73 Å². The Balaban J connectivity index is 2.12. The van der Waals surface area contributed by atoms with Crippen LogP contribution in [0.5, 0.6) is 0 Å². The second kappa shape index (κ2) is 6.17. The molecule has 1 heterocycles. The van der Waals surface area contributed by atoms with Gasteiger partial charge in [0.15, 0.2) is 0 Å². The lowest BCUT2D eigenvalue weighted by Crippen LogP contribution is -2.55. The quantitative estimate of drug-likeness (QED) is 0.823. The average molecular weight is 296 g/mol. The number of aliphatic hydroxyl groups is 1. The van der Waals surface area contributed by atoms with E-state index in [1.165, 1.54) is 12.8 Å². The highest BCUT2D eigenvalue weighted by molar-refractivity contribution is 5.04. The van der Waals surface area contributed by atoms with Gasteiger partial charge in [-0.3, -0.25) is 0 Å². The molecule has 21 heavy (non-hydrogen) atoms. The Labute approximate surface area is 131 Å². The SMILES string of the molecule is CN1CCCC(O)(C2(CN)CCC(C(C)(C)C)CC2)CC1. The summed E-state index contributed by atoms with van der Waals surface area (Å²) in [5.74, 6) is 0.772. The van der Waals surface area contributed by atoms with Crippen molar-refractivity contribution in [3.05, 3.63) is 0 Å². The molecule has 1 saturated carbocycles. The third-order valence-corrected chi connectivity index (χ3v) is 6.58. The minimum Gasteiger partial charge on any atom is -0.389 e. The third-order valence-electron chi connectivity index (χ3n) is 6.58. The van der Waals surface area contributed by atoms with E-state index < -0.39 is 5.60 Å². The van der Waals surface area contributed by atoms with Crippen molar-refractivity contribution in [3.8, 4) is 0 Å². The lowest BCUT2D eigenvalue weighted by Gasteiger charge is -2.52. The van der Waals surface area contributed by atoms with Crippen molar-refractivity contribution in [3.63, 3.8) is 0 Å². The molecule has 3 heteroatoms. The molecular formula is C18H36N2O. The predicted molar refractivity (Wildman–Crippen MR) is 89.2 cm³/mol. The summed E-state index contributed by atoms with van der Waals surface area (Å²) < 4.78 is 0. The van der Waals surface area contributed by atoms with E-state index >= 15 is 0 Å². The highest BCUT2D eigenvalue weighted by Gasteiger charge is 2.51. The molecule has 0 radical (unpaired) electrons. The highest BCUT2D eigenvalue weighted by Crippen LogP contribution is 2.52. The zero-order valence-corrected chi connectivity index (χ0v) is 14.6. The van der Waals surface area contributed by atoms with Crippen molar-refractivity contribution >= 4 is 0 Å². The smallest absolute Gasteiger partial charge is 0.0728 e. The molecule has 0 aromatic rings. The minimum absolute atomic E-state index is 0.0417. The fourth-order valence-corrected chi connectivity index (χ4v) is 4.68. The molecule has 0 aromatic carbocycles. The molecule has 1 aliphatic heterocycles. The van der Waals surface area contributed by atoms with E-state index in [0.717, 1.165) is 51.1 Å². The number of nitrogens with two attached hydrogens (primary N) is 1. The van der Waals surface area contributed by atoms with Gasteiger partial charge in [-0.25, -0.2) is 0 Å². The van der Waals surface area contributed by atoms with Gasteiger partial charge in [0.05, 0.1) is 5.60 Å². The fourth-order valence-electron chi connectivity index (χ4n) is 4.68. The molecule has 0 bridgehead atoms. The van der Waals surface area contributed by atoms with Crippen LogP contribution in [0.15, 0.2) is 0 Å². The van der Waals surface area contributed by atoms with E-state index in [-0.39, 0.29) is 5.41 Å². The topological polar surface area (TPSA) is 49.5 Å². The van der Waals surface area contributed by atoms with Crippen molar-refractivity contribution in [1.29, 1.82) is 0 Å². The van der Waals surface area contributed by atoms with Crippen molar-refractivity contribution in [2.45, 2.75) is 71.3 Å². The summed E-state index contributed by atoms with van der Waals surface area (Å²) in [6.07, 6.45) is 7.56. The van der Waals surface area contributed by atoms with Crippen LogP contribution in [0.25, 0.3) is 0 Å². The molecule has 2 aliphatic rings. The zero-order valence-electron chi connectivity index (χ0n) is 14.6. The molecule has 1 saturated heterocycles. The maximum atomic E-state index is 11.4. The van der Waals surface area contributed by atoms with Gasteiger partial charge in [0.25, 0.3) is 0 Å². The van der Waals surface area contributed by atoms with E-state index in [2.05, 4.69) is 32.7 Å². The number of hydrogen-bond donors (Lipinski definition) is 2.